The number of methoxy groups -OCH3 is 2. The van der Waals surface area contributed by atoms with Crippen LogP contribution in [0.4, 0.5) is 5.82 Å². The minimum Gasteiger partial charge on any atom is -0.488 e. The van der Waals surface area contributed by atoms with E-state index >= 15 is 0 Å². The van der Waals surface area contributed by atoms with Gasteiger partial charge in [0, 0.05) is 25.8 Å². The second-order valence-electron chi connectivity index (χ2n) is 11.5. The van der Waals surface area contributed by atoms with E-state index in [4.69, 9.17) is 19.2 Å². The molecule has 1 N–H and O–H groups in total. The quantitative estimate of drug-likeness (QED) is 0.406. The molecule has 2 aromatic carbocycles. The van der Waals surface area contributed by atoms with Crippen molar-refractivity contribution < 1.29 is 19.0 Å². The lowest BCUT2D eigenvalue weighted by Gasteiger charge is -2.31. The summed E-state index contributed by atoms with van der Waals surface area (Å²) in [6.45, 7) is 10.2. The molecule has 3 heterocycles. The molecule has 1 aliphatic carbocycles. The maximum absolute atomic E-state index is 12.8. The van der Waals surface area contributed by atoms with Crippen molar-refractivity contribution in [3.63, 3.8) is 0 Å². The first-order chi connectivity index (χ1) is 19.4. The second-order valence-corrected chi connectivity index (χ2v) is 11.5. The molecule has 0 unspecified atom stereocenters. The lowest BCUT2D eigenvalue weighted by molar-refractivity contribution is -0.148. The molecule has 40 heavy (non-hydrogen) atoms. The Morgan fingerprint density at radius 3 is 2.73 bits per heavy atom. The van der Waals surface area contributed by atoms with Gasteiger partial charge in [0.25, 0.3) is 0 Å². The van der Waals surface area contributed by atoms with Gasteiger partial charge in [0.1, 0.15) is 18.2 Å². The summed E-state index contributed by atoms with van der Waals surface area (Å²) in [6, 6.07) is 14.5. The van der Waals surface area contributed by atoms with Crippen LogP contribution in [0.1, 0.15) is 39.8 Å². The molecular formula is C33H39N3O4. The number of aromatic nitrogens is 1. The van der Waals surface area contributed by atoms with Gasteiger partial charge in [-0.1, -0.05) is 24.3 Å². The molecule has 0 radical (unpaired) electrons. The van der Waals surface area contributed by atoms with Crippen molar-refractivity contribution in [3.05, 3.63) is 75.8 Å². The number of piperidine rings is 1. The number of nitrogens with zero attached hydrogens (tertiary/aromatic N) is 2. The van der Waals surface area contributed by atoms with Gasteiger partial charge in [0.2, 0.25) is 0 Å². The first-order valence-corrected chi connectivity index (χ1v) is 14.2. The highest BCUT2D eigenvalue weighted by molar-refractivity contribution is 5.84. The summed E-state index contributed by atoms with van der Waals surface area (Å²) in [6.07, 6.45) is 1.90. The van der Waals surface area contributed by atoms with E-state index in [1.54, 1.807) is 7.11 Å². The van der Waals surface area contributed by atoms with Gasteiger partial charge in [-0.05, 0) is 97.7 Å². The number of anilines is 1. The van der Waals surface area contributed by atoms with Crippen LogP contribution in [0.2, 0.25) is 0 Å². The van der Waals surface area contributed by atoms with Crippen molar-refractivity contribution in [2.75, 3.05) is 38.8 Å². The van der Waals surface area contributed by atoms with Gasteiger partial charge in [-0.15, -0.1) is 0 Å². The molecule has 0 spiro atoms. The average molecular weight is 542 g/mol. The number of para-hydroxylation sites is 1. The third kappa shape index (κ3) is 4.36. The predicted octanol–water partition coefficient (Wildman–Crippen LogP) is 4.91. The number of hydrogen-bond donors (Lipinski definition) is 1. The van der Waals surface area contributed by atoms with Crippen LogP contribution in [0.3, 0.4) is 0 Å². The van der Waals surface area contributed by atoms with E-state index in [-0.39, 0.29) is 17.9 Å². The van der Waals surface area contributed by atoms with E-state index in [1.165, 1.54) is 34.9 Å². The van der Waals surface area contributed by atoms with Gasteiger partial charge >= 0.3 is 5.97 Å². The fraction of sp³-hybridized carbons (Fsp3) is 0.455. The first-order valence-electron chi connectivity index (χ1n) is 14.2. The van der Waals surface area contributed by atoms with Gasteiger partial charge in [-0.25, -0.2) is 4.98 Å². The molecule has 7 nitrogen and oxygen atoms in total. The molecule has 7 heteroatoms. The zero-order valence-electron chi connectivity index (χ0n) is 24.2. The summed E-state index contributed by atoms with van der Waals surface area (Å²) in [4.78, 5) is 20.1. The zero-order valence-corrected chi connectivity index (χ0v) is 24.2. The van der Waals surface area contributed by atoms with Gasteiger partial charge < -0.3 is 24.4 Å². The third-order valence-corrected chi connectivity index (χ3v) is 9.34. The van der Waals surface area contributed by atoms with Gasteiger partial charge in [0.15, 0.2) is 0 Å². The van der Waals surface area contributed by atoms with E-state index in [0.29, 0.717) is 13.2 Å². The van der Waals surface area contributed by atoms with E-state index in [0.717, 1.165) is 60.9 Å². The minimum absolute atomic E-state index is 0.101. The van der Waals surface area contributed by atoms with E-state index in [2.05, 4.69) is 55.3 Å². The molecule has 2 aliphatic heterocycles. The first kappa shape index (κ1) is 26.8. The number of aryl methyl sites for hydroxylation is 2. The van der Waals surface area contributed by atoms with Crippen LogP contribution in [-0.2, 0) is 33.8 Å². The highest BCUT2D eigenvalue weighted by atomic mass is 16.5. The van der Waals surface area contributed by atoms with Gasteiger partial charge in [-0.2, -0.15) is 0 Å². The fourth-order valence-corrected chi connectivity index (χ4v) is 7.06. The smallest absolute Gasteiger partial charge is 0.314 e. The Kier molecular flexibility index (Phi) is 7.05. The summed E-state index contributed by atoms with van der Waals surface area (Å²) >= 11 is 0. The van der Waals surface area contributed by atoms with Crippen LogP contribution in [0.5, 0.6) is 5.75 Å². The molecule has 210 valence electrons. The lowest BCUT2D eigenvalue weighted by atomic mass is 9.89. The second kappa shape index (κ2) is 10.5. The molecule has 0 bridgehead atoms. The lowest BCUT2D eigenvalue weighted by Crippen LogP contribution is -2.44. The Hall–Kier alpha value is -3.42. The van der Waals surface area contributed by atoms with Crippen LogP contribution in [-0.4, -0.2) is 50.9 Å². The Morgan fingerprint density at radius 2 is 1.93 bits per heavy atom. The molecule has 1 saturated heterocycles. The number of carbonyl (C=O) groups is 1. The van der Waals surface area contributed by atoms with Crippen LogP contribution < -0.4 is 15.0 Å². The summed E-state index contributed by atoms with van der Waals surface area (Å²) in [5.74, 6) is 1.82. The zero-order chi connectivity index (χ0) is 28.0. The van der Waals surface area contributed by atoms with E-state index < -0.39 is 5.41 Å². The van der Waals surface area contributed by atoms with Crippen molar-refractivity contribution in [1.29, 1.82) is 0 Å². The SMILES string of the molecule is COC[C@H]1N(c2cccc(-c3cccc(C)c3OCc3cc(C)c4c(c3C)CCNC4)n2)C[C@@H]2C[C@@]21C(=O)OC. The number of carbonyl (C=O) groups excluding carboxylic acids is 1. The molecule has 0 amide bonds. The van der Waals surface area contributed by atoms with Crippen LogP contribution in [0.25, 0.3) is 11.3 Å². The minimum atomic E-state index is -0.499. The molecule has 6 rings (SSSR count). The van der Waals surface area contributed by atoms with Crippen LogP contribution >= 0.6 is 0 Å². The number of hydrogen-bond acceptors (Lipinski definition) is 7. The largest absolute Gasteiger partial charge is 0.488 e. The monoisotopic (exact) mass is 541 g/mol. The topological polar surface area (TPSA) is 72.9 Å². The number of benzene rings is 2. The number of rotatable bonds is 8. The Morgan fingerprint density at radius 1 is 1.10 bits per heavy atom. The normalized spacial score (nSPS) is 23.0. The number of nitrogens with one attached hydrogen (secondary N) is 1. The summed E-state index contributed by atoms with van der Waals surface area (Å²) < 4.78 is 17.4. The number of pyridine rings is 1. The Bertz CT molecular complexity index is 1450. The molecule has 3 aromatic rings. The van der Waals surface area contributed by atoms with Crippen LogP contribution in [0, 0.1) is 32.1 Å². The standard InChI is InChI=1S/C33H39N3O4/c1-20-8-6-9-26(31(20)40-18-23-14-21(2)27-16-34-13-12-25(27)22(23)3)28-10-7-11-30(35-28)36-17-24-15-33(24,32(37)39-5)29(36)19-38-4/h6-11,14,24,29,34H,12-13,15-19H2,1-5H3/t24-,29+,33+/m0/s1. The summed E-state index contributed by atoms with van der Waals surface area (Å²) in [5, 5.41) is 3.50. The maximum atomic E-state index is 12.8. The Balaban J connectivity index is 1.30. The maximum Gasteiger partial charge on any atom is 0.314 e. The highest BCUT2D eigenvalue weighted by Gasteiger charge is 2.71. The molecule has 3 atom stereocenters. The predicted molar refractivity (Wildman–Crippen MR) is 156 cm³/mol. The summed E-state index contributed by atoms with van der Waals surface area (Å²) in [7, 11) is 3.16. The van der Waals surface area contributed by atoms with E-state index in [9.17, 15) is 4.79 Å². The molecule has 1 saturated carbocycles. The molecular weight excluding hydrogens is 502 g/mol. The molecule has 3 aliphatic rings. The number of esters is 1. The van der Waals surface area contributed by atoms with Gasteiger partial charge in [0.05, 0.1) is 30.9 Å². The van der Waals surface area contributed by atoms with Crippen molar-refractivity contribution >= 4 is 11.8 Å². The van der Waals surface area contributed by atoms with Crippen LogP contribution in [0.15, 0.2) is 42.5 Å². The average Bonchev–Trinajstić information content (AvgIpc) is 3.62. The van der Waals surface area contributed by atoms with Gasteiger partial charge in [-0.3, -0.25) is 4.79 Å². The van der Waals surface area contributed by atoms with Crippen molar-refractivity contribution in [3.8, 4) is 17.0 Å². The van der Waals surface area contributed by atoms with Crippen molar-refractivity contribution in [2.24, 2.45) is 11.3 Å². The highest BCUT2D eigenvalue weighted by Crippen LogP contribution is 2.62. The van der Waals surface area contributed by atoms with Crippen molar-refractivity contribution in [1.82, 2.24) is 10.3 Å². The molecule has 1 aromatic heterocycles. The summed E-state index contributed by atoms with van der Waals surface area (Å²) in [5.41, 5.74) is 9.20. The molecule has 2 fully saturated rings. The number of ether oxygens (including phenoxy) is 3. The Labute approximate surface area is 236 Å². The fourth-order valence-electron chi connectivity index (χ4n) is 7.06. The van der Waals surface area contributed by atoms with E-state index in [1.807, 2.05) is 18.2 Å². The number of fused-ring (bicyclic) bond motifs is 2. The third-order valence-electron chi connectivity index (χ3n) is 9.34. The van der Waals surface area contributed by atoms with Crippen molar-refractivity contribution in [2.45, 2.75) is 52.8 Å².